The summed E-state index contributed by atoms with van der Waals surface area (Å²) in [5.74, 6) is 2.14. The van der Waals surface area contributed by atoms with Crippen molar-refractivity contribution in [2.24, 2.45) is 10.7 Å². The summed E-state index contributed by atoms with van der Waals surface area (Å²) in [6, 6.07) is 0.0179. The van der Waals surface area contributed by atoms with Crippen LogP contribution in [0, 0.1) is 0 Å². The molecule has 4 N–H and O–H groups in total. The second-order valence-corrected chi connectivity index (χ2v) is 6.01. The van der Waals surface area contributed by atoms with Crippen LogP contribution in [-0.2, 0) is 4.74 Å². The molecule has 1 unspecified atom stereocenters. The first-order chi connectivity index (χ1) is 10.9. The Morgan fingerprint density at radius 2 is 2.35 bits per heavy atom. The number of rotatable bonds is 6. The zero-order chi connectivity index (χ0) is 17.0. The van der Waals surface area contributed by atoms with Crippen LogP contribution in [0.4, 0.5) is 0 Å². The molecular formula is C16H24ClN5O. The number of nitrogens with two attached hydrogens (primary N) is 1. The van der Waals surface area contributed by atoms with E-state index < -0.39 is 0 Å². The lowest BCUT2D eigenvalue weighted by molar-refractivity contribution is 0.156. The van der Waals surface area contributed by atoms with Gasteiger partial charge in [0.15, 0.2) is 0 Å². The molecular weight excluding hydrogens is 314 g/mol. The van der Waals surface area contributed by atoms with E-state index in [1.165, 1.54) is 0 Å². The quantitative estimate of drug-likeness (QED) is 0.510. The Labute approximate surface area is 142 Å². The lowest BCUT2D eigenvalue weighted by Crippen LogP contribution is -2.36. The molecule has 0 aliphatic carbocycles. The highest BCUT2D eigenvalue weighted by atomic mass is 35.5. The molecule has 2 heterocycles. The highest BCUT2D eigenvalue weighted by molar-refractivity contribution is 6.31. The van der Waals surface area contributed by atoms with Gasteiger partial charge in [0, 0.05) is 7.05 Å². The lowest BCUT2D eigenvalue weighted by atomic mass is 10.0. The Kier molecular flexibility index (Phi) is 5.74. The molecule has 2 rings (SSSR count). The van der Waals surface area contributed by atoms with Crippen molar-refractivity contribution < 1.29 is 4.74 Å². The number of nitrogens with one attached hydrogen (secondary N) is 2. The maximum absolute atomic E-state index is 6.38. The molecule has 2 aliphatic rings. The van der Waals surface area contributed by atoms with Gasteiger partial charge in [-0.25, -0.2) is 10.4 Å². The van der Waals surface area contributed by atoms with Gasteiger partial charge in [-0.1, -0.05) is 30.3 Å². The number of halogens is 1. The van der Waals surface area contributed by atoms with Crippen LogP contribution in [0.15, 0.2) is 52.0 Å². The van der Waals surface area contributed by atoms with Gasteiger partial charge >= 0.3 is 0 Å². The third kappa shape index (κ3) is 4.09. The number of allylic oxidation sites excluding steroid dienone is 3. The molecule has 0 saturated carbocycles. The number of hydrogen-bond donors (Lipinski definition) is 3. The van der Waals surface area contributed by atoms with Crippen LogP contribution in [-0.4, -0.2) is 36.7 Å². The molecule has 2 aliphatic heterocycles. The Bertz CT molecular complexity index is 591. The number of amidine groups is 1. The van der Waals surface area contributed by atoms with E-state index in [4.69, 9.17) is 22.1 Å². The van der Waals surface area contributed by atoms with Gasteiger partial charge in [0.05, 0.1) is 22.8 Å². The van der Waals surface area contributed by atoms with Gasteiger partial charge in [-0.3, -0.25) is 5.01 Å². The van der Waals surface area contributed by atoms with Crippen molar-refractivity contribution in [3.63, 3.8) is 0 Å². The molecule has 0 radical (unpaired) electrons. The molecule has 0 aromatic carbocycles. The summed E-state index contributed by atoms with van der Waals surface area (Å²) < 4.78 is 5.70. The van der Waals surface area contributed by atoms with E-state index in [1.54, 1.807) is 12.2 Å². The van der Waals surface area contributed by atoms with Crippen molar-refractivity contribution in [1.29, 1.82) is 0 Å². The topological polar surface area (TPSA) is 74.9 Å². The number of aliphatic imine (C=N–C) groups is 1. The number of ether oxygens (including phenoxy) is 1. The van der Waals surface area contributed by atoms with E-state index in [0.717, 1.165) is 11.4 Å². The molecule has 6 nitrogen and oxygen atoms in total. The van der Waals surface area contributed by atoms with Gasteiger partial charge < -0.3 is 15.8 Å². The minimum Gasteiger partial charge on any atom is -0.489 e. The summed E-state index contributed by atoms with van der Waals surface area (Å²) in [4.78, 5) is 4.24. The molecule has 1 atom stereocenters. The predicted molar refractivity (Wildman–Crippen MR) is 94.4 cm³/mol. The highest BCUT2D eigenvalue weighted by Gasteiger charge is 2.32. The summed E-state index contributed by atoms with van der Waals surface area (Å²) in [6.45, 7) is 8.10. The van der Waals surface area contributed by atoms with E-state index in [0.29, 0.717) is 29.7 Å². The zero-order valence-corrected chi connectivity index (χ0v) is 14.5. The first kappa shape index (κ1) is 17.4. The minimum atomic E-state index is 0.0179. The molecule has 0 aromatic rings. The molecule has 23 heavy (non-hydrogen) atoms. The maximum Gasteiger partial charge on any atom is 0.137 e. The Morgan fingerprint density at radius 3 is 3.00 bits per heavy atom. The fourth-order valence-electron chi connectivity index (χ4n) is 2.54. The maximum atomic E-state index is 6.38. The smallest absolute Gasteiger partial charge is 0.137 e. The number of hydrazine groups is 1. The molecule has 0 bridgehead atoms. The van der Waals surface area contributed by atoms with Crippen LogP contribution in [0.2, 0.25) is 0 Å². The Balaban J connectivity index is 2.13. The van der Waals surface area contributed by atoms with Crippen molar-refractivity contribution in [3.05, 3.63) is 47.0 Å². The third-order valence-electron chi connectivity index (χ3n) is 3.46. The number of nitrogens with zero attached hydrogens (tertiary/aromatic N) is 2. The predicted octanol–water partition coefficient (Wildman–Crippen LogP) is 1.94. The van der Waals surface area contributed by atoms with Crippen LogP contribution in [0.3, 0.4) is 0 Å². The van der Waals surface area contributed by atoms with Crippen LogP contribution in [0.1, 0.15) is 20.3 Å². The molecule has 0 fully saturated rings. The normalized spacial score (nSPS) is 22.0. The second-order valence-electron chi connectivity index (χ2n) is 5.60. The van der Waals surface area contributed by atoms with Gasteiger partial charge in [0.2, 0.25) is 0 Å². The largest absolute Gasteiger partial charge is 0.489 e. The Morgan fingerprint density at radius 1 is 1.61 bits per heavy atom. The van der Waals surface area contributed by atoms with Crippen molar-refractivity contribution in [3.8, 4) is 0 Å². The molecule has 7 heteroatoms. The molecule has 0 amide bonds. The zero-order valence-electron chi connectivity index (χ0n) is 13.8. The minimum absolute atomic E-state index is 0.0179. The van der Waals surface area contributed by atoms with E-state index in [9.17, 15) is 0 Å². The summed E-state index contributed by atoms with van der Waals surface area (Å²) in [7, 11) is 1.94. The van der Waals surface area contributed by atoms with Crippen molar-refractivity contribution >= 4 is 17.4 Å². The molecule has 0 aromatic heterocycles. The summed E-state index contributed by atoms with van der Waals surface area (Å²) in [5.41, 5.74) is 10.4. The van der Waals surface area contributed by atoms with Crippen LogP contribution in [0.25, 0.3) is 0 Å². The average molecular weight is 338 g/mol. The number of hydrogen-bond acceptors (Lipinski definition) is 6. The van der Waals surface area contributed by atoms with Gasteiger partial charge in [0.1, 0.15) is 24.1 Å². The van der Waals surface area contributed by atoms with Crippen LogP contribution >= 0.6 is 11.6 Å². The SMILES string of the molecule is C=C/C=C(OC(C)C)\C(Cl)=C/CC1NN(C)C2=C1C(N)=NCN2. The average Bonchev–Trinajstić information content (AvgIpc) is 2.82. The fourth-order valence-corrected chi connectivity index (χ4v) is 2.73. The third-order valence-corrected chi connectivity index (χ3v) is 3.80. The Hall–Kier alpha value is -1.92. The molecule has 0 spiro atoms. The van der Waals surface area contributed by atoms with Gasteiger partial charge in [-0.2, -0.15) is 0 Å². The van der Waals surface area contributed by atoms with Gasteiger partial charge in [-0.05, 0) is 26.3 Å². The monoisotopic (exact) mass is 337 g/mol. The summed E-state index contributed by atoms with van der Waals surface area (Å²) >= 11 is 6.38. The highest BCUT2D eigenvalue weighted by Crippen LogP contribution is 2.25. The first-order valence-electron chi connectivity index (χ1n) is 7.57. The summed E-state index contributed by atoms with van der Waals surface area (Å²) in [5, 5.41) is 5.70. The van der Waals surface area contributed by atoms with E-state index in [1.807, 2.05) is 32.0 Å². The van der Waals surface area contributed by atoms with Crippen molar-refractivity contribution in [2.45, 2.75) is 32.4 Å². The van der Waals surface area contributed by atoms with E-state index >= 15 is 0 Å². The van der Waals surface area contributed by atoms with E-state index in [2.05, 4.69) is 22.3 Å². The van der Waals surface area contributed by atoms with Gasteiger partial charge in [-0.15, -0.1) is 0 Å². The van der Waals surface area contributed by atoms with Crippen LogP contribution < -0.4 is 16.5 Å². The van der Waals surface area contributed by atoms with E-state index in [-0.39, 0.29) is 12.1 Å². The molecule has 0 saturated heterocycles. The van der Waals surface area contributed by atoms with Crippen LogP contribution in [0.5, 0.6) is 0 Å². The summed E-state index contributed by atoms with van der Waals surface area (Å²) in [6.07, 6.45) is 6.04. The second kappa shape index (κ2) is 7.57. The standard InChI is InChI=1S/C16H24ClN5O/c1-5-6-13(23-10(2)3)11(17)7-8-12-14-15(18)19-9-20-16(14)22(4)21-12/h5-7,10,12,20-21H,1,8-9H2,2-4H3,(H2,18,19)/b11-7+,13-6+. The van der Waals surface area contributed by atoms with Gasteiger partial charge in [0.25, 0.3) is 0 Å². The van der Waals surface area contributed by atoms with Crippen molar-refractivity contribution in [2.75, 3.05) is 13.7 Å². The first-order valence-corrected chi connectivity index (χ1v) is 7.95. The lowest BCUT2D eigenvalue weighted by Gasteiger charge is -2.19. The van der Waals surface area contributed by atoms with Crippen molar-refractivity contribution in [1.82, 2.24) is 15.8 Å². The molecule has 126 valence electrons. The fraction of sp³-hybridized carbons (Fsp3) is 0.438.